The van der Waals surface area contributed by atoms with Crippen LogP contribution >= 0.6 is 11.8 Å². The minimum atomic E-state index is -0.861. The summed E-state index contributed by atoms with van der Waals surface area (Å²) in [5, 5.41) is 3.64. The Bertz CT molecular complexity index is 1350. The highest BCUT2D eigenvalue weighted by molar-refractivity contribution is 7.99. The fraction of sp³-hybridized carbons (Fsp3) is 0.333. The first-order valence-electron chi connectivity index (χ1n) is 13.2. The predicted octanol–water partition coefficient (Wildman–Crippen LogP) is 6.52. The maximum absolute atomic E-state index is 14.8. The van der Waals surface area contributed by atoms with Gasteiger partial charge in [0, 0.05) is 29.0 Å². The number of esters is 1. The van der Waals surface area contributed by atoms with Crippen LogP contribution in [0.5, 0.6) is 0 Å². The van der Waals surface area contributed by atoms with Crippen molar-refractivity contribution >= 4 is 29.6 Å². The quantitative estimate of drug-likeness (QED) is 0.310. The largest absolute Gasteiger partial charge is 0.459 e. The summed E-state index contributed by atoms with van der Waals surface area (Å²) < 4.78 is 5.94. The van der Waals surface area contributed by atoms with Crippen molar-refractivity contribution in [3.8, 4) is 0 Å². The van der Waals surface area contributed by atoms with E-state index >= 15 is 0 Å². The number of thioether (sulfide) groups is 1. The highest BCUT2D eigenvalue weighted by atomic mass is 32.2. The van der Waals surface area contributed by atoms with Gasteiger partial charge in [-0.25, -0.2) is 0 Å². The van der Waals surface area contributed by atoms with Gasteiger partial charge in [-0.2, -0.15) is 11.8 Å². The summed E-state index contributed by atoms with van der Waals surface area (Å²) in [7, 11) is 0. The first-order chi connectivity index (χ1) is 18.2. The molecule has 38 heavy (non-hydrogen) atoms. The molecule has 2 heterocycles. The van der Waals surface area contributed by atoms with Crippen LogP contribution in [0.15, 0.2) is 90.5 Å². The summed E-state index contributed by atoms with van der Waals surface area (Å²) in [5.74, 6) is 0.664. The third-order valence-electron chi connectivity index (χ3n) is 7.40. The number of hydrogen-bond acceptors (Lipinski definition) is 5. The first-order valence-corrected chi connectivity index (χ1v) is 14.3. The third-order valence-corrected chi connectivity index (χ3v) is 8.59. The molecule has 2 aliphatic heterocycles. The van der Waals surface area contributed by atoms with Gasteiger partial charge in [-0.05, 0) is 50.5 Å². The molecule has 196 valence electrons. The molecule has 3 aromatic carbocycles. The Morgan fingerprint density at radius 2 is 1.63 bits per heavy atom. The second kappa shape index (κ2) is 10.5. The van der Waals surface area contributed by atoms with Gasteiger partial charge in [0.1, 0.15) is 11.6 Å². The molecule has 0 radical (unpaired) electrons. The van der Waals surface area contributed by atoms with Crippen molar-refractivity contribution in [3.63, 3.8) is 0 Å². The average Bonchev–Trinajstić information content (AvgIpc) is 3.23. The molecule has 5 rings (SSSR count). The van der Waals surface area contributed by atoms with Gasteiger partial charge in [0.15, 0.2) is 5.78 Å². The summed E-state index contributed by atoms with van der Waals surface area (Å²) in [4.78, 5) is 28.6. The molecule has 0 aromatic heterocycles. The van der Waals surface area contributed by atoms with Gasteiger partial charge < -0.3 is 4.74 Å². The third kappa shape index (κ3) is 5.10. The molecule has 0 saturated carbocycles. The standard InChI is InChI=1S/C33H35NO3S/c1-22-12-11-17-25(18-22)29-33(21-38-20-26(30(33)35)19-23-13-7-5-8-14-23)27(24-15-9-6-10-16-24)28(34-29)31(36)37-32(2,3)4/h5-19,27-29,34H,20-21H2,1-4H3/b26-19+. The van der Waals surface area contributed by atoms with Gasteiger partial charge in [0.2, 0.25) is 0 Å². The van der Waals surface area contributed by atoms with E-state index in [-0.39, 0.29) is 23.7 Å². The highest BCUT2D eigenvalue weighted by Gasteiger charge is 2.63. The first kappa shape index (κ1) is 26.5. The van der Waals surface area contributed by atoms with E-state index < -0.39 is 17.1 Å². The SMILES string of the molecule is Cc1cccc(C2NC(C(=O)OC(C)(C)C)C(c3ccccc3)C23CSC/C(=C\c2ccccc2)C3=O)c1. The maximum Gasteiger partial charge on any atom is 0.324 e. The van der Waals surface area contributed by atoms with Crippen molar-refractivity contribution in [1.82, 2.24) is 5.32 Å². The second-order valence-electron chi connectivity index (χ2n) is 11.4. The summed E-state index contributed by atoms with van der Waals surface area (Å²) in [6, 6.07) is 27.3. The van der Waals surface area contributed by atoms with Crippen LogP contribution in [-0.2, 0) is 14.3 Å². The average molecular weight is 526 g/mol. The number of ketones is 1. The highest BCUT2D eigenvalue weighted by Crippen LogP contribution is 2.58. The Balaban J connectivity index is 1.70. The molecule has 4 atom stereocenters. The lowest BCUT2D eigenvalue weighted by Crippen LogP contribution is -2.47. The molecule has 2 aliphatic rings. The van der Waals surface area contributed by atoms with E-state index in [2.05, 4.69) is 30.4 Å². The fourth-order valence-corrected chi connectivity index (χ4v) is 7.28. The predicted molar refractivity (Wildman–Crippen MR) is 155 cm³/mol. The number of ether oxygens (including phenoxy) is 1. The molecule has 0 bridgehead atoms. The van der Waals surface area contributed by atoms with Crippen molar-refractivity contribution in [3.05, 3.63) is 113 Å². The number of nitrogens with one attached hydrogen (secondary N) is 1. The topological polar surface area (TPSA) is 55.4 Å². The van der Waals surface area contributed by atoms with Gasteiger partial charge >= 0.3 is 5.97 Å². The van der Waals surface area contributed by atoms with E-state index in [0.717, 1.165) is 27.8 Å². The maximum atomic E-state index is 14.8. The number of carbonyl (C=O) groups is 2. The van der Waals surface area contributed by atoms with Gasteiger partial charge in [-0.1, -0.05) is 90.5 Å². The second-order valence-corrected chi connectivity index (χ2v) is 12.3. The minimum Gasteiger partial charge on any atom is -0.459 e. The lowest BCUT2D eigenvalue weighted by molar-refractivity contribution is -0.157. The molecular formula is C33H35NO3S. The number of Topliss-reactive ketones (excluding diaryl/α,β-unsaturated/α-hetero) is 1. The molecule has 5 heteroatoms. The lowest BCUT2D eigenvalue weighted by atomic mass is 9.64. The van der Waals surface area contributed by atoms with Gasteiger partial charge in [-0.15, -0.1) is 0 Å². The van der Waals surface area contributed by atoms with Crippen molar-refractivity contribution < 1.29 is 14.3 Å². The van der Waals surface area contributed by atoms with Crippen LogP contribution in [-0.4, -0.2) is 34.9 Å². The summed E-state index contributed by atoms with van der Waals surface area (Å²) in [6.07, 6.45) is 2.02. The molecule has 1 spiro atoms. The number of aryl methyl sites for hydroxylation is 1. The van der Waals surface area contributed by atoms with E-state index in [1.54, 1.807) is 11.8 Å². The molecule has 0 amide bonds. The fourth-order valence-electron chi connectivity index (χ4n) is 5.93. The van der Waals surface area contributed by atoms with Crippen molar-refractivity contribution in [2.45, 2.75) is 51.3 Å². The molecule has 1 N–H and O–H groups in total. The molecule has 2 saturated heterocycles. The summed E-state index contributed by atoms with van der Waals surface area (Å²) >= 11 is 1.77. The summed E-state index contributed by atoms with van der Waals surface area (Å²) in [6.45, 7) is 7.71. The monoisotopic (exact) mass is 525 g/mol. The molecule has 2 fully saturated rings. The lowest BCUT2D eigenvalue weighted by Gasteiger charge is -2.42. The van der Waals surface area contributed by atoms with Crippen LogP contribution in [0, 0.1) is 12.3 Å². The zero-order chi connectivity index (χ0) is 26.9. The number of carbonyl (C=O) groups excluding carboxylic acids is 2. The Labute approximate surface area is 229 Å². The number of rotatable bonds is 4. The summed E-state index contributed by atoms with van der Waals surface area (Å²) in [5.41, 5.74) is 3.41. The van der Waals surface area contributed by atoms with Crippen LogP contribution in [0.4, 0.5) is 0 Å². The minimum absolute atomic E-state index is 0.110. The van der Waals surface area contributed by atoms with Crippen LogP contribution in [0.25, 0.3) is 6.08 Å². The van der Waals surface area contributed by atoms with E-state index in [1.165, 1.54) is 0 Å². The van der Waals surface area contributed by atoms with E-state index in [4.69, 9.17) is 4.74 Å². The normalized spacial score (nSPS) is 26.6. The Morgan fingerprint density at radius 3 is 2.29 bits per heavy atom. The van der Waals surface area contributed by atoms with Crippen molar-refractivity contribution in [1.29, 1.82) is 0 Å². The van der Waals surface area contributed by atoms with Crippen molar-refractivity contribution in [2.75, 3.05) is 11.5 Å². The smallest absolute Gasteiger partial charge is 0.324 e. The zero-order valence-corrected chi connectivity index (χ0v) is 23.3. The van der Waals surface area contributed by atoms with E-state index in [1.807, 2.05) is 93.6 Å². The van der Waals surface area contributed by atoms with Crippen LogP contribution in [0.2, 0.25) is 0 Å². The molecule has 3 aromatic rings. The number of benzene rings is 3. The van der Waals surface area contributed by atoms with Gasteiger partial charge in [-0.3, -0.25) is 14.9 Å². The molecular weight excluding hydrogens is 490 g/mol. The Morgan fingerprint density at radius 1 is 0.974 bits per heavy atom. The van der Waals surface area contributed by atoms with Gasteiger partial charge in [0.05, 0.1) is 5.41 Å². The van der Waals surface area contributed by atoms with Crippen LogP contribution < -0.4 is 5.32 Å². The van der Waals surface area contributed by atoms with Crippen LogP contribution in [0.1, 0.15) is 55.0 Å². The zero-order valence-electron chi connectivity index (χ0n) is 22.4. The molecule has 4 unspecified atom stereocenters. The Hall–Kier alpha value is -3.15. The number of hydrogen-bond donors (Lipinski definition) is 1. The molecule has 4 nitrogen and oxygen atoms in total. The Kier molecular flexibility index (Phi) is 7.34. The van der Waals surface area contributed by atoms with Crippen molar-refractivity contribution in [2.24, 2.45) is 5.41 Å². The van der Waals surface area contributed by atoms with E-state index in [0.29, 0.717) is 11.5 Å². The van der Waals surface area contributed by atoms with Crippen LogP contribution in [0.3, 0.4) is 0 Å². The van der Waals surface area contributed by atoms with Gasteiger partial charge in [0.25, 0.3) is 0 Å². The van der Waals surface area contributed by atoms with E-state index in [9.17, 15) is 9.59 Å². The molecule has 0 aliphatic carbocycles.